The molecule has 0 spiro atoms. The number of halogens is 2. The largest absolute Gasteiger partial charge is 0.326 e. The zero-order chi connectivity index (χ0) is 14.9. The quantitative estimate of drug-likeness (QED) is 0.922. The summed E-state index contributed by atoms with van der Waals surface area (Å²) in [6.07, 6.45) is 2.60. The first kappa shape index (κ1) is 18.4. The Morgan fingerprint density at radius 3 is 2.62 bits per heavy atom. The van der Waals surface area contributed by atoms with Crippen molar-refractivity contribution >= 4 is 22.4 Å². The molecule has 1 aliphatic rings. The average Bonchev–Trinajstić information content (AvgIpc) is 2.38. The molecule has 21 heavy (non-hydrogen) atoms. The zero-order valence-electron chi connectivity index (χ0n) is 12.3. The van der Waals surface area contributed by atoms with Gasteiger partial charge in [-0.25, -0.2) is 12.8 Å². The zero-order valence-corrected chi connectivity index (χ0v) is 13.9. The van der Waals surface area contributed by atoms with Gasteiger partial charge in [-0.3, -0.25) is 0 Å². The highest BCUT2D eigenvalue weighted by Gasteiger charge is 2.35. The fraction of sp³-hybridized carbons (Fsp3) is 0.571. The molecule has 2 N–H and O–H groups in total. The van der Waals surface area contributed by atoms with E-state index in [0.29, 0.717) is 12.1 Å². The highest BCUT2D eigenvalue weighted by Crippen LogP contribution is 2.28. The first-order valence-electron chi connectivity index (χ1n) is 6.87. The first-order valence-corrected chi connectivity index (χ1v) is 8.31. The van der Waals surface area contributed by atoms with Gasteiger partial charge in [-0.1, -0.05) is 6.42 Å². The summed E-state index contributed by atoms with van der Waals surface area (Å²) in [5.74, 6) is -0.427. The number of nitrogens with zero attached hydrogens (tertiary/aromatic N) is 1. The van der Waals surface area contributed by atoms with Gasteiger partial charge < -0.3 is 5.73 Å². The standard InChI is InChI=1S/C14H21FN2O2S.ClH/c1-10-9-12(15)6-7-14(10)20(18,19)17-8-4-3-5-13(17)11(2)16;/h6-7,9,11,13H,3-5,8,16H2,1-2H3;1H. The van der Waals surface area contributed by atoms with Crippen molar-refractivity contribution in [2.45, 2.75) is 50.1 Å². The normalized spacial score (nSPS) is 21.6. The van der Waals surface area contributed by atoms with Crippen LogP contribution < -0.4 is 5.73 Å². The Kier molecular flexibility index (Phi) is 6.16. The Bertz CT molecular complexity index is 593. The van der Waals surface area contributed by atoms with Crippen LogP contribution >= 0.6 is 12.4 Å². The summed E-state index contributed by atoms with van der Waals surface area (Å²) in [5, 5.41) is 0. The van der Waals surface area contributed by atoms with Crippen LogP contribution in [0.3, 0.4) is 0 Å². The molecule has 2 rings (SSSR count). The maximum atomic E-state index is 13.2. The summed E-state index contributed by atoms with van der Waals surface area (Å²) >= 11 is 0. The lowest BCUT2D eigenvalue weighted by Gasteiger charge is -2.37. The molecule has 1 fully saturated rings. The number of hydrogen-bond donors (Lipinski definition) is 1. The highest BCUT2D eigenvalue weighted by molar-refractivity contribution is 7.89. The number of aryl methyl sites for hydroxylation is 1. The van der Waals surface area contributed by atoms with E-state index in [4.69, 9.17) is 5.73 Å². The molecular formula is C14H22ClFN2O2S. The molecule has 0 amide bonds. The number of sulfonamides is 1. The minimum absolute atomic E-state index is 0. The molecule has 0 aliphatic carbocycles. The van der Waals surface area contributed by atoms with Gasteiger partial charge in [-0.15, -0.1) is 12.4 Å². The van der Waals surface area contributed by atoms with E-state index in [1.54, 1.807) is 6.92 Å². The minimum atomic E-state index is -3.62. The van der Waals surface area contributed by atoms with Crippen molar-refractivity contribution in [1.29, 1.82) is 0 Å². The maximum absolute atomic E-state index is 13.2. The minimum Gasteiger partial charge on any atom is -0.326 e. The van der Waals surface area contributed by atoms with Crippen LogP contribution in [0.4, 0.5) is 4.39 Å². The number of piperidine rings is 1. The summed E-state index contributed by atoms with van der Waals surface area (Å²) in [6, 6.07) is 3.37. The second kappa shape index (κ2) is 7.05. The summed E-state index contributed by atoms with van der Waals surface area (Å²) in [4.78, 5) is 0.173. The lowest BCUT2D eigenvalue weighted by Crippen LogP contribution is -2.51. The molecule has 2 unspecified atom stereocenters. The number of rotatable bonds is 3. The molecule has 0 radical (unpaired) electrons. The van der Waals surface area contributed by atoms with Crippen molar-refractivity contribution in [2.24, 2.45) is 5.73 Å². The van der Waals surface area contributed by atoms with Crippen molar-refractivity contribution in [3.05, 3.63) is 29.6 Å². The van der Waals surface area contributed by atoms with Gasteiger partial charge in [0.15, 0.2) is 0 Å². The topological polar surface area (TPSA) is 63.4 Å². The fourth-order valence-electron chi connectivity index (χ4n) is 2.78. The lowest BCUT2D eigenvalue weighted by molar-refractivity contribution is 0.227. The third-order valence-electron chi connectivity index (χ3n) is 3.83. The summed E-state index contributed by atoms with van der Waals surface area (Å²) in [5.41, 5.74) is 6.36. The van der Waals surface area contributed by atoms with Crippen LogP contribution in [0.25, 0.3) is 0 Å². The van der Waals surface area contributed by atoms with E-state index in [1.807, 2.05) is 6.92 Å². The molecule has 1 aromatic carbocycles. The Balaban J connectivity index is 0.00000220. The van der Waals surface area contributed by atoms with Gasteiger partial charge in [0.1, 0.15) is 5.82 Å². The third kappa shape index (κ3) is 3.74. The van der Waals surface area contributed by atoms with Crippen molar-refractivity contribution < 1.29 is 12.8 Å². The molecule has 7 heteroatoms. The van der Waals surface area contributed by atoms with E-state index in [0.717, 1.165) is 19.3 Å². The number of benzene rings is 1. The first-order chi connectivity index (χ1) is 9.34. The van der Waals surface area contributed by atoms with Crippen LogP contribution in [0.15, 0.2) is 23.1 Å². The van der Waals surface area contributed by atoms with Crippen molar-refractivity contribution in [3.63, 3.8) is 0 Å². The van der Waals surface area contributed by atoms with E-state index in [2.05, 4.69) is 0 Å². The van der Waals surface area contributed by atoms with Crippen LogP contribution in [-0.2, 0) is 10.0 Å². The monoisotopic (exact) mass is 336 g/mol. The molecule has 0 saturated carbocycles. The predicted octanol–water partition coefficient (Wildman–Crippen LogP) is 2.45. The van der Waals surface area contributed by atoms with Crippen LogP contribution in [-0.4, -0.2) is 31.4 Å². The van der Waals surface area contributed by atoms with Crippen LogP contribution in [0.5, 0.6) is 0 Å². The number of nitrogens with two attached hydrogens (primary N) is 1. The molecule has 1 heterocycles. The Morgan fingerprint density at radius 2 is 2.05 bits per heavy atom. The van der Waals surface area contributed by atoms with Crippen molar-refractivity contribution in [1.82, 2.24) is 4.31 Å². The SMILES string of the molecule is Cc1cc(F)ccc1S(=O)(=O)N1CCCCC1C(C)N.Cl. The Hall–Kier alpha value is -0.690. The van der Waals surface area contributed by atoms with Crippen molar-refractivity contribution in [3.8, 4) is 0 Å². The molecule has 0 bridgehead atoms. The lowest BCUT2D eigenvalue weighted by atomic mass is 10.00. The molecule has 4 nitrogen and oxygen atoms in total. The molecule has 120 valence electrons. The van der Waals surface area contributed by atoms with Crippen LogP contribution in [0.2, 0.25) is 0 Å². The molecule has 1 saturated heterocycles. The summed E-state index contributed by atoms with van der Waals surface area (Å²) in [7, 11) is -3.62. The van der Waals surface area contributed by atoms with Gasteiger partial charge in [0, 0.05) is 18.6 Å². The van der Waals surface area contributed by atoms with Gasteiger partial charge in [-0.05, 0) is 50.5 Å². The van der Waals surface area contributed by atoms with E-state index in [9.17, 15) is 12.8 Å². The highest BCUT2D eigenvalue weighted by atomic mass is 35.5. The van der Waals surface area contributed by atoms with Gasteiger partial charge >= 0.3 is 0 Å². The maximum Gasteiger partial charge on any atom is 0.243 e. The van der Waals surface area contributed by atoms with E-state index >= 15 is 0 Å². The molecular weight excluding hydrogens is 315 g/mol. The van der Waals surface area contributed by atoms with E-state index in [-0.39, 0.29) is 29.4 Å². The van der Waals surface area contributed by atoms with E-state index in [1.165, 1.54) is 22.5 Å². The van der Waals surface area contributed by atoms with E-state index < -0.39 is 15.8 Å². The van der Waals surface area contributed by atoms with Gasteiger partial charge in [-0.2, -0.15) is 4.31 Å². The van der Waals surface area contributed by atoms with Gasteiger partial charge in [0.05, 0.1) is 4.90 Å². The second-order valence-corrected chi connectivity index (χ2v) is 7.31. The summed E-state index contributed by atoms with van der Waals surface area (Å²) < 4.78 is 40.2. The predicted molar refractivity (Wildman–Crippen MR) is 83.6 cm³/mol. The Labute approximate surface area is 132 Å². The fourth-order valence-corrected chi connectivity index (χ4v) is 4.76. The van der Waals surface area contributed by atoms with Gasteiger partial charge in [0.2, 0.25) is 10.0 Å². The summed E-state index contributed by atoms with van der Waals surface area (Å²) in [6.45, 7) is 3.92. The van der Waals surface area contributed by atoms with Gasteiger partial charge in [0.25, 0.3) is 0 Å². The average molecular weight is 337 g/mol. The molecule has 1 aliphatic heterocycles. The Morgan fingerprint density at radius 1 is 1.38 bits per heavy atom. The third-order valence-corrected chi connectivity index (χ3v) is 5.91. The molecule has 2 atom stereocenters. The van der Waals surface area contributed by atoms with Crippen LogP contribution in [0, 0.1) is 12.7 Å². The molecule has 0 aromatic heterocycles. The smallest absolute Gasteiger partial charge is 0.243 e. The van der Waals surface area contributed by atoms with Crippen LogP contribution in [0.1, 0.15) is 31.7 Å². The number of hydrogen-bond acceptors (Lipinski definition) is 3. The second-order valence-electron chi connectivity index (χ2n) is 5.45. The molecule has 1 aromatic rings. The van der Waals surface area contributed by atoms with Crippen molar-refractivity contribution in [2.75, 3.05) is 6.54 Å².